The number of phenolic OH excluding ortho intramolecular Hbond substituents is 2. The monoisotopic (exact) mass is 378 g/mol. The van der Waals surface area contributed by atoms with Gasteiger partial charge in [0.15, 0.2) is 0 Å². The number of hydrogen-bond acceptors (Lipinski definition) is 5. The zero-order chi connectivity index (χ0) is 18.4. The second-order valence-corrected chi connectivity index (χ2v) is 8.83. The molecule has 0 aliphatic heterocycles. The van der Waals surface area contributed by atoms with Crippen LogP contribution in [0.2, 0.25) is 0 Å². The van der Waals surface area contributed by atoms with Crippen LogP contribution in [0.3, 0.4) is 0 Å². The molecule has 2 aromatic rings. The molecule has 0 saturated heterocycles. The first-order valence-electron chi connectivity index (χ1n) is 8.50. The normalized spacial score (nSPS) is 11.4. The fraction of sp³-hybridized carbons (Fsp3) is 0.400. The van der Waals surface area contributed by atoms with E-state index in [2.05, 4.69) is 27.7 Å². The molecule has 0 aromatic heterocycles. The Hall–Kier alpha value is -1.30. The lowest BCUT2D eigenvalue weighted by molar-refractivity contribution is 0.461. The van der Waals surface area contributed by atoms with E-state index in [0.29, 0.717) is 23.3 Å². The second kappa shape index (κ2) is 9.41. The summed E-state index contributed by atoms with van der Waals surface area (Å²) in [4.78, 5) is 1.92. The van der Waals surface area contributed by atoms with Crippen molar-refractivity contribution in [1.82, 2.24) is 0 Å². The van der Waals surface area contributed by atoms with E-state index >= 15 is 0 Å². The van der Waals surface area contributed by atoms with E-state index < -0.39 is 0 Å². The maximum atomic E-state index is 9.94. The van der Waals surface area contributed by atoms with Gasteiger partial charge in [-0.1, -0.05) is 27.7 Å². The minimum Gasteiger partial charge on any atom is -0.508 e. The molecule has 0 radical (unpaired) electrons. The van der Waals surface area contributed by atoms with Gasteiger partial charge in [-0.15, -0.1) is 0 Å². The van der Waals surface area contributed by atoms with E-state index in [1.807, 2.05) is 24.3 Å². The van der Waals surface area contributed by atoms with Crippen molar-refractivity contribution >= 4 is 24.1 Å². The van der Waals surface area contributed by atoms with Crippen molar-refractivity contribution in [1.29, 1.82) is 0 Å². The van der Waals surface area contributed by atoms with Gasteiger partial charge in [0.05, 0.1) is 0 Å². The van der Waals surface area contributed by atoms with Gasteiger partial charge in [0.25, 0.3) is 0 Å². The third kappa shape index (κ3) is 6.49. The molecule has 3 nitrogen and oxygen atoms in total. The molecule has 0 unspecified atom stereocenters. The van der Waals surface area contributed by atoms with Crippen molar-refractivity contribution in [2.75, 3.05) is 0 Å². The van der Waals surface area contributed by atoms with Crippen LogP contribution in [0.15, 0.2) is 46.2 Å². The molecular formula is C20H26O3S2. The van der Waals surface area contributed by atoms with Crippen LogP contribution < -0.4 is 0 Å². The fourth-order valence-electron chi connectivity index (χ4n) is 2.53. The molecule has 2 aromatic carbocycles. The lowest BCUT2D eigenvalue weighted by Crippen LogP contribution is -1.95. The molecule has 0 fully saturated rings. The Labute approximate surface area is 159 Å². The molecule has 5 heteroatoms. The molecular weight excluding hydrogens is 352 g/mol. The summed E-state index contributed by atoms with van der Waals surface area (Å²) >= 11 is 2.56. The Kier molecular flexibility index (Phi) is 7.54. The predicted molar refractivity (Wildman–Crippen MR) is 106 cm³/mol. The van der Waals surface area contributed by atoms with Gasteiger partial charge in [-0.25, -0.2) is 3.63 Å². The third-order valence-electron chi connectivity index (χ3n) is 3.62. The summed E-state index contributed by atoms with van der Waals surface area (Å²) in [5, 5.41) is 19.9. The first kappa shape index (κ1) is 20.0. The highest BCUT2D eigenvalue weighted by Crippen LogP contribution is 2.34. The Balaban J connectivity index is 1.96. The Morgan fingerprint density at radius 2 is 1.16 bits per heavy atom. The van der Waals surface area contributed by atoms with E-state index in [9.17, 15) is 10.2 Å². The molecule has 0 atom stereocenters. The van der Waals surface area contributed by atoms with Crippen molar-refractivity contribution < 1.29 is 13.8 Å². The van der Waals surface area contributed by atoms with Crippen molar-refractivity contribution in [2.24, 2.45) is 11.8 Å². The Morgan fingerprint density at radius 3 is 1.52 bits per heavy atom. The van der Waals surface area contributed by atoms with Gasteiger partial charge in [0.1, 0.15) is 11.5 Å². The summed E-state index contributed by atoms with van der Waals surface area (Å²) in [6, 6.07) is 11.1. The SMILES string of the molecule is CC(C)Cc1cc(SOSc2ccc(O)c(CC(C)C)c2)ccc1O. The smallest absolute Gasteiger partial charge is 0.118 e. The highest BCUT2D eigenvalue weighted by Gasteiger charge is 2.09. The van der Waals surface area contributed by atoms with E-state index in [1.165, 1.54) is 24.1 Å². The number of rotatable bonds is 8. The standard InChI is InChI=1S/C20H26O3S2/c1-13(2)9-15-11-17(5-7-19(15)21)24-23-25-18-6-8-20(22)16(12-18)10-14(3)4/h5-8,11-14,21-22H,9-10H2,1-4H3. The highest BCUT2D eigenvalue weighted by atomic mass is 32.2. The zero-order valence-corrected chi connectivity index (χ0v) is 16.8. The fourth-order valence-corrected chi connectivity index (χ4v) is 3.92. The summed E-state index contributed by atoms with van der Waals surface area (Å²) in [7, 11) is 0. The van der Waals surface area contributed by atoms with Gasteiger partial charge < -0.3 is 10.2 Å². The maximum Gasteiger partial charge on any atom is 0.118 e. The lowest BCUT2D eigenvalue weighted by Gasteiger charge is -2.10. The number of phenols is 2. The quantitative estimate of drug-likeness (QED) is 0.534. The van der Waals surface area contributed by atoms with E-state index in [0.717, 1.165) is 33.8 Å². The Morgan fingerprint density at radius 1 is 0.760 bits per heavy atom. The van der Waals surface area contributed by atoms with Gasteiger partial charge in [0.2, 0.25) is 0 Å². The predicted octanol–water partition coefficient (Wildman–Crippen LogP) is 6.23. The molecule has 0 heterocycles. The third-order valence-corrected chi connectivity index (χ3v) is 5.06. The first-order chi connectivity index (χ1) is 11.8. The number of hydrogen-bond donors (Lipinski definition) is 2. The van der Waals surface area contributed by atoms with Crippen molar-refractivity contribution in [3.8, 4) is 11.5 Å². The van der Waals surface area contributed by atoms with E-state index in [4.69, 9.17) is 3.63 Å². The van der Waals surface area contributed by atoms with Crippen LogP contribution >= 0.6 is 24.1 Å². The van der Waals surface area contributed by atoms with Gasteiger partial charge in [-0.2, -0.15) is 0 Å². The number of benzene rings is 2. The summed E-state index contributed by atoms with van der Waals surface area (Å²) in [6.07, 6.45) is 1.67. The molecule has 136 valence electrons. The van der Waals surface area contributed by atoms with Gasteiger partial charge in [-0.05, 0) is 72.2 Å². The molecule has 25 heavy (non-hydrogen) atoms. The van der Waals surface area contributed by atoms with Crippen LogP contribution in [-0.2, 0) is 16.5 Å². The summed E-state index contributed by atoms with van der Waals surface area (Å²) in [5.41, 5.74) is 1.88. The van der Waals surface area contributed by atoms with Crippen LogP contribution in [0.5, 0.6) is 11.5 Å². The zero-order valence-electron chi connectivity index (χ0n) is 15.2. The molecule has 0 spiro atoms. The van der Waals surface area contributed by atoms with Crippen LogP contribution in [0, 0.1) is 11.8 Å². The van der Waals surface area contributed by atoms with Crippen LogP contribution in [0.25, 0.3) is 0 Å². The van der Waals surface area contributed by atoms with Gasteiger partial charge in [-0.3, -0.25) is 0 Å². The van der Waals surface area contributed by atoms with Crippen LogP contribution in [0.4, 0.5) is 0 Å². The first-order valence-corrected chi connectivity index (χ1v) is 9.98. The average Bonchev–Trinajstić information content (AvgIpc) is 2.52. The van der Waals surface area contributed by atoms with Gasteiger partial charge >= 0.3 is 0 Å². The minimum atomic E-state index is 0.336. The summed E-state index contributed by atoms with van der Waals surface area (Å²) < 4.78 is 5.68. The largest absolute Gasteiger partial charge is 0.508 e. The van der Waals surface area contributed by atoms with E-state index in [1.54, 1.807) is 12.1 Å². The van der Waals surface area contributed by atoms with Crippen molar-refractivity contribution in [3.63, 3.8) is 0 Å². The molecule has 0 amide bonds. The average molecular weight is 379 g/mol. The number of aromatic hydroxyl groups is 2. The minimum absolute atomic E-state index is 0.336. The molecule has 0 bridgehead atoms. The van der Waals surface area contributed by atoms with Gasteiger partial charge in [0, 0.05) is 33.9 Å². The summed E-state index contributed by atoms with van der Waals surface area (Å²) in [6.45, 7) is 8.52. The molecule has 2 rings (SSSR count). The molecule has 2 N–H and O–H groups in total. The second-order valence-electron chi connectivity index (χ2n) is 7.01. The Bertz CT molecular complexity index is 640. The van der Waals surface area contributed by atoms with Crippen molar-refractivity contribution in [2.45, 2.75) is 50.3 Å². The maximum absolute atomic E-state index is 9.94. The van der Waals surface area contributed by atoms with Crippen LogP contribution in [0.1, 0.15) is 38.8 Å². The summed E-state index contributed by atoms with van der Waals surface area (Å²) in [5.74, 6) is 1.64. The molecule has 0 aliphatic rings. The topological polar surface area (TPSA) is 49.7 Å². The van der Waals surface area contributed by atoms with E-state index in [-0.39, 0.29) is 0 Å². The van der Waals surface area contributed by atoms with Crippen LogP contribution in [-0.4, -0.2) is 10.2 Å². The lowest BCUT2D eigenvalue weighted by atomic mass is 10.0. The highest BCUT2D eigenvalue weighted by molar-refractivity contribution is 8.07. The van der Waals surface area contributed by atoms with Crippen molar-refractivity contribution in [3.05, 3.63) is 47.5 Å². The molecule has 0 saturated carbocycles. The molecule has 0 aliphatic carbocycles.